The molecule has 1 N–H and O–H groups in total. The summed E-state index contributed by atoms with van der Waals surface area (Å²) < 4.78 is 5.84. The fraction of sp³-hybridized carbons (Fsp3) is 0.0938. The fourth-order valence-corrected chi connectivity index (χ4v) is 5.63. The topological polar surface area (TPSA) is 79.2 Å². The number of amides is 1. The maximum absolute atomic E-state index is 13.7. The van der Waals surface area contributed by atoms with E-state index in [4.69, 9.17) is 49.6 Å². The van der Waals surface area contributed by atoms with Crippen molar-refractivity contribution in [3.8, 4) is 5.75 Å². The van der Waals surface area contributed by atoms with Crippen LogP contribution in [0, 0.1) is 13.8 Å². The number of hydrogen-bond acceptors (Lipinski definition) is 5. The van der Waals surface area contributed by atoms with Gasteiger partial charge in [0.2, 0.25) is 0 Å². The Morgan fingerprint density at radius 1 is 0.905 bits per heavy atom. The Bertz CT molecular complexity index is 1770. The van der Waals surface area contributed by atoms with Gasteiger partial charge in [0, 0.05) is 10.0 Å². The summed E-state index contributed by atoms with van der Waals surface area (Å²) in [6.45, 7) is 4.02. The first kappa shape index (κ1) is 29.7. The minimum atomic E-state index is -0.988. The first-order chi connectivity index (χ1) is 20.1. The van der Waals surface area contributed by atoms with Crippen LogP contribution < -0.4 is 9.64 Å². The lowest BCUT2D eigenvalue weighted by Crippen LogP contribution is -2.28. The van der Waals surface area contributed by atoms with Gasteiger partial charge >= 0.3 is 5.97 Å². The number of amidine groups is 1. The van der Waals surface area contributed by atoms with Crippen molar-refractivity contribution >= 4 is 81.1 Å². The van der Waals surface area contributed by atoms with Gasteiger partial charge in [0.05, 0.1) is 26.9 Å². The second kappa shape index (κ2) is 12.6. The highest BCUT2D eigenvalue weighted by molar-refractivity contribution is 8.19. The summed E-state index contributed by atoms with van der Waals surface area (Å²) >= 11 is 20.5. The van der Waals surface area contributed by atoms with Crippen LogP contribution in [-0.2, 0) is 11.4 Å². The van der Waals surface area contributed by atoms with E-state index in [2.05, 4.69) is 0 Å². The molecule has 42 heavy (non-hydrogen) atoms. The van der Waals surface area contributed by atoms with E-state index >= 15 is 0 Å². The molecule has 0 saturated carbocycles. The van der Waals surface area contributed by atoms with Crippen LogP contribution in [0.3, 0.4) is 0 Å². The third-order valence-corrected chi connectivity index (χ3v) is 8.53. The van der Waals surface area contributed by atoms with Crippen LogP contribution in [0.4, 0.5) is 11.4 Å². The van der Waals surface area contributed by atoms with E-state index in [1.165, 1.54) is 28.8 Å². The highest BCUT2D eigenvalue weighted by Crippen LogP contribution is 2.39. The van der Waals surface area contributed by atoms with Crippen LogP contribution in [0.1, 0.15) is 32.6 Å². The van der Waals surface area contributed by atoms with Gasteiger partial charge in [-0.2, -0.15) is 0 Å². The Kier molecular flexibility index (Phi) is 8.94. The molecule has 5 rings (SSSR count). The van der Waals surface area contributed by atoms with E-state index in [0.717, 1.165) is 16.7 Å². The number of carbonyl (C=O) groups excluding carboxylic acids is 1. The number of carboxylic acid groups (broad SMARTS) is 1. The number of nitrogens with zero attached hydrogens (tertiary/aromatic N) is 2. The van der Waals surface area contributed by atoms with Crippen molar-refractivity contribution in [1.29, 1.82) is 0 Å². The Balaban J connectivity index is 1.41. The van der Waals surface area contributed by atoms with E-state index in [1.54, 1.807) is 48.5 Å². The van der Waals surface area contributed by atoms with E-state index in [1.807, 2.05) is 38.1 Å². The van der Waals surface area contributed by atoms with Crippen molar-refractivity contribution in [3.63, 3.8) is 0 Å². The monoisotopic (exact) mass is 636 g/mol. The molecule has 4 aromatic rings. The molecule has 0 bridgehead atoms. The Morgan fingerprint density at radius 2 is 1.60 bits per heavy atom. The summed E-state index contributed by atoms with van der Waals surface area (Å²) in [6.07, 6.45) is 1.75. The predicted octanol–water partition coefficient (Wildman–Crippen LogP) is 9.35. The lowest BCUT2D eigenvalue weighted by molar-refractivity contribution is -0.113. The highest BCUT2D eigenvalue weighted by atomic mass is 35.5. The number of ether oxygens (including phenoxy) is 1. The van der Waals surface area contributed by atoms with Gasteiger partial charge < -0.3 is 9.84 Å². The average Bonchev–Trinajstić information content (AvgIpc) is 3.25. The number of carboxylic acids is 1. The Hall–Kier alpha value is -3.75. The van der Waals surface area contributed by atoms with Crippen molar-refractivity contribution in [2.24, 2.45) is 4.99 Å². The summed E-state index contributed by atoms with van der Waals surface area (Å²) in [5.74, 6) is -0.781. The van der Waals surface area contributed by atoms with Gasteiger partial charge in [0.1, 0.15) is 12.4 Å². The molecule has 10 heteroatoms. The number of carbonyl (C=O) groups is 2. The van der Waals surface area contributed by atoms with Crippen molar-refractivity contribution in [2.45, 2.75) is 20.5 Å². The molecule has 1 fully saturated rings. The summed E-state index contributed by atoms with van der Waals surface area (Å²) in [6, 6.07) is 22.6. The number of thioether (sulfide) groups is 1. The first-order valence-corrected chi connectivity index (χ1v) is 14.6. The third-order valence-electron chi connectivity index (χ3n) is 6.45. The molecule has 0 aromatic heterocycles. The second-order valence-corrected chi connectivity index (χ2v) is 11.7. The molecular formula is C32H23Cl3N2O4S. The van der Waals surface area contributed by atoms with Gasteiger partial charge in [-0.1, -0.05) is 65.1 Å². The molecule has 4 aromatic carbocycles. The van der Waals surface area contributed by atoms with Crippen LogP contribution >= 0.6 is 46.6 Å². The van der Waals surface area contributed by atoms with Crippen LogP contribution in [0.5, 0.6) is 5.75 Å². The van der Waals surface area contributed by atoms with Gasteiger partial charge in [-0.25, -0.2) is 9.79 Å². The molecule has 0 aliphatic carbocycles. The van der Waals surface area contributed by atoms with E-state index < -0.39 is 5.97 Å². The van der Waals surface area contributed by atoms with Crippen LogP contribution in [0.25, 0.3) is 6.08 Å². The quantitative estimate of drug-likeness (QED) is 0.204. The summed E-state index contributed by atoms with van der Waals surface area (Å²) in [5, 5.41) is 11.0. The molecule has 0 spiro atoms. The van der Waals surface area contributed by atoms with E-state index in [9.17, 15) is 9.59 Å². The SMILES string of the molecule is Cc1ccc(N=C2S/C(=C/c3ccc(OCc4ccc(C(=O)O)cc4)c(Cl)c3)C(=O)N2c2ccc(C)c(Cl)c2)cc1Cl. The van der Waals surface area contributed by atoms with Crippen LogP contribution in [0.2, 0.25) is 15.1 Å². The number of halogens is 3. The minimum Gasteiger partial charge on any atom is -0.487 e. The molecule has 1 aliphatic heterocycles. The third kappa shape index (κ3) is 6.66. The second-order valence-electron chi connectivity index (χ2n) is 9.49. The summed E-state index contributed by atoms with van der Waals surface area (Å²) in [5.41, 5.74) is 4.75. The van der Waals surface area contributed by atoms with Gasteiger partial charge in [-0.3, -0.25) is 9.69 Å². The first-order valence-electron chi connectivity index (χ1n) is 12.7. The van der Waals surface area contributed by atoms with Gasteiger partial charge in [0.25, 0.3) is 5.91 Å². The molecule has 0 radical (unpaired) electrons. The number of aryl methyl sites for hydroxylation is 2. The Labute approximate surface area is 262 Å². The normalized spacial score (nSPS) is 15.1. The minimum absolute atomic E-state index is 0.202. The molecular weight excluding hydrogens is 615 g/mol. The molecule has 0 unspecified atom stereocenters. The Morgan fingerprint density at radius 3 is 2.24 bits per heavy atom. The van der Waals surface area contributed by atoms with Gasteiger partial charge in [-0.05, 0) is 102 Å². The van der Waals surface area contributed by atoms with Crippen molar-refractivity contribution in [1.82, 2.24) is 0 Å². The fourth-order valence-electron chi connectivity index (χ4n) is 4.04. The largest absolute Gasteiger partial charge is 0.487 e. The number of benzene rings is 4. The zero-order valence-corrected chi connectivity index (χ0v) is 25.5. The standard InChI is InChI=1S/C32H23Cl3N2O4S/c1-18-3-10-23(15-25(18)33)36-32-37(24-11-4-19(2)26(34)16-24)30(38)29(42-32)14-21-7-12-28(27(35)13-21)41-17-20-5-8-22(9-6-20)31(39)40/h3-16H,17H2,1-2H3,(H,39,40)/b29-14+,36-32?. The number of hydrogen-bond donors (Lipinski definition) is 1. The highest BCUT2D eigenvalue weighted by Gasteiger charge is 2.35. The zero-order chi connectivity index (χ0) is 30.0. The lowest BCUT2D eigenvalue weighted by atomic mass is 10.1. The molecule has 1 aliphatic rings. The lowest BCUT2D eigenvalue weighted by Gasteiger charge is -2.16. The van der Waals surface area contributed by atoms with Crippen molar-refractivity contribution < 1.29 is 19.4 Å². The maximum Gasteiger partial charge on any atom is 0.335 e. The summed E-state index contributed by atoms with van der Waals surface area (Å²) in [4.78, 5) is 31.5. The number of anilines is 1. The predicted molar refractivity (Wildman–Crippen MR) is 172 cm³/mol. The summed E-state index contributed by atoms with van der Waals surface area (Å²) in [7, 11) is 0. The van der Waals surface area contributed by atoms with Crippen molar-refractivity contribution in [2.75, 3.05) is 4.90 Å². The molecule has 6 nitrogen and oxygen atoms in total. The number of rotatable bonds is 7. The molecule has 212 valence electrons. The van der Waals surface area contributed by atoms with E-state index in [0.29, 0.717) is 47.8 Å². The zero-order valence-electron chi connectivity index (χ0n) is 22.4. The number of aromatic carboxylic acids is 1. The molecule has 1 heterocycles. The smallest absolute Gasteiger partial charge is 0.335 e. The number of aliphatic imine (C=N–C) groups is 1. The van der Waals surface area contributed by atoms with Gasteiger partial charge in [-0.15, -0.1) is 0 Å². The maximum atomic E-state index is 13.7. The van der Waals surface area contributed by atoms with E-state index in [-0.39, 0.29) is 18.1 Å². The van der Waals surface area contributed by atoms with Crippen LogP contribution in [0.15, 0.2) is 88.8 Å². The molecule has 0 atom stereocenters. The molecule has 1 saturated heterocycles. The molecule has 1 amide bonds. The van der Waals surface area contributed by atoms with Crippen LogP contribution in [-0.4, -0.2) is 22.2 Å². The van der Waals surface area contributed by atoms with Crippen molar-refractivity contribution in [3.05, 3.63) is 127 Å². The average molecular weight is 638 g/mol. The van der Waals surface area contributed by atoms with Gasteiger partial charge in [0.15, 0.2) is 5.17 Å².